The number of anilines is 1. The predicted octanol–water partition coefficient (Wildman–Crippen LogP) is 10.1. The van der Waals surface area contributed by atoms with Crippen LogP contribution in [0.25, 0.3) is 38.9 Å². The van der Waals surface area contributed by atoms with E-state index in [1.807, 2.05) is 0 Å². The van der Waals surface area contributed by atoms with Gasteiger partial charge < -0.3 is 9.47 Å². The van der Waals surface area contributed by atoms with Gasteiger partial charge in [-0.1, -0.05) is 127 Å². The summed E-state index contributed by atoms with van der Waals surface area (Å²) >= 11 is 0. The van der Waals surface area contributed by atoms with E-state index >= 15 is 0 Å². The van der Waals surface area contributed by atoms with E-state index in [-0.39, 0.29) is 12.0 Å². The van der Waals surface area contributed by atoms with Crippen molar-refractivity contribution in [1.29, 1.82) is 0 Å². The van der Waals surface area contributed by atoms with Crippen LogP contribution in [-0.4, -0.2) is 10.6 Å². The molecule has 2 unspecified atom stereocenters. The third kappa shape index (κ3) is 3.88. The smallest absolute Gasteiger partial charge is 0.0632 e. The molecule has 0 saturated heterocycles. The first-order valence-corrected chi connectivity index (χ1v) is 15.7. The fraction of sp³-hybridized carbons (Fsp3) is 0.0952. The number of para-hydroxylation sites is 2. The molecule has 0 fully saturated rings. The van der Waals surface area contributed by atoms with Gasteiger partial charge in [0.05, 0.1) is 11.6 Å². The van der Waals surface area contributed by atoms with Crippen molar-refractivity contribution in [2.75, 3.05) is 4.90 Å². The van der Waals surface area contributed by atoms with Crippen molar-refractivity contribution in [1.82, 2.24) is 4.57 Å². The molecule has 5 aromatic carbocycles. The number of hydrogen-bond acceptors (Lipinski definition) is 1. The molecule has 2 nitrogen and oxygen atoms in total. The van der Waals surface area contributed by atoms with Crippen LogP contribution in [0.4, 0.5) is 5.69 Å². The largest absolute Gasteiger partial charge is 0.337 e. The summed E-state index contributed by atoms with van der Waals surface area (Å²) in [6.07, 6.45) is 9.37. The summed E-state index contributed by atoms with van der Waals surface area (Å²) in [6, 6.07) is 50.8. The van der Waals surface area contributed by atoms with Crippen molar-refractivity contribution in [3.8, 4) is 16.8 Å². The maximum Gasteiger partial charge on any atom is 0.0632 e. The maximum absolute atomic E-state index is 2.65. The van der Waals surface area contributed by atoms with Gasteiger partial charge in [-0.2, -0.15) is 0 Å². The highest BCUT2D eigenvalue weighted by Gasteiger charge is 2.44. The second-order valence-corrected chi connectivity index (χ2v) is 12.0. The van der Waals surface area contributed by atoms with Crippen LogP contribution >= 0.6 is 0 Å². The van der Waals surface area contributed by atoms with E-state index in [1.54, 1.807) is 0 Å². The first-order valence-electron chi connectivity index (χ1n) is 15.7. The third-order valence-electron chi connectivity index (χ3n) is 9.65. The second-order valence-electron chi connectivity index (χ2n) is 12.0. The topological polar surface area (TPSA) is 8.17 Å². The number of allylic oxidation sites excluding steroid dienone is 3. The van der Waals surface area contributed by atoms with Crippen molar-refractivity contribution in [3.63, 3.8) is 0 Å². The molecule has 3 aliphatic rings. The van der Waals surface area contributed by atoms with Crippen LogP contribution < -0.4 is 4.90 Å². The van der Waals surface area contributed by atoms with E-state index in [0.29, 0.717) is 0 Å². The molecule has 2 heterocycles. The van der Waals surface area contributed by atoms with Gasteiger partial charge in [-0.05, 0) is 71.0 Å². The lowest BCUT2D eigenvalue weighted by Gasteiger charge is -2.32. The zero-order valence-electron chi connectivity index (χ0n) is 24.5. The molecule has 2 heteroatoms. The zero-order chi connectivity index (χ0) is 29.0. The molecule has 9 rings (SSSR count). The summed E-state index contributed by atoms with van der Waals surface area (Å²) in [5.41, 5.74) is 14.7. The van der Waals surface area contributed by atoms with Gasteiger partial charge >= 0.3 is 0 Å². The molecular formula is C42H32N2. The highest BCUT2D eigenvalue weighted by molar-refractivity contribution is 6.01. The minimum Gasteiger partial charge on any atom is -0.337 e. The van der Waals surface area contributed by atoms with E-state index in [1.165, 1.54) is 67.1 Å². The molecule has 0 spiro atoms. The molecule has 2 atom stereocenters. The third-order valence-corrected chi connectivity index (χ3v) is 9.65. The lowest BCUT2D eigenvalue weighted by molar-refractivity contribution is 0.700. The fourth-order valence-corrected chi connectivity index (χ4v) is 7.77. The molecular weight excluding hydrogens is 532 g/mol. The zero-order valence-corrected chi connectivity index (χ0v) is 24.5. The first kappa shape index (κ1) is 25.2. The van der Waals surface area contributed by atoms with E-state index in [9.17, 15) is 0 Å². The average Bonchev–Trinajstić information content (AvgIpc) is 3.62. The Kier molecular flexibility index (Phi) is 5.80. The number of hydrogen-bond donors (Lipinski definition) is 0. The van der Waals surface area contributed by atoms with Gasteiger partial charge in [-0.25, -0.2) is 0 Å². The Balaban J connectivity index is 1.24. The number of benzene rings is 5. The van der Waals surface area contributed by atoms with Crippen LogP contribution in [0.15, 0.2) is 163 Å². The Morgan fingerprint density at radius 3 is 1.93 bits per heavy atom. The van der Waals surface area contributed by atoms with Crippen molar-refractivity contribution in [3.05, 3.63) is 180 Å². The van der Waals surface area contributed by atoms with Crippen LogP contribution in [0.5, 0.6) is 0 Å². The number of fused-ring (bicyclic) bond motifs is 6. The highest BCUT2D eigenvalue weighted by Crippen LogP contribution is 2.53. The highest BCUT2D eigenvalue weighted by atomic mass is 15.2. The van der Waals surface area contributed by atoms with E-state index in [0.717, 1.165) is 12.8 Å². The number of rotatable bonds is 4. The molecule has 0 radical (unpaired) electrons. The summed E-state index contributed by atoms with van der Waals surface area (Å²) in [5.74, 6) is 0.278. The Morgan fingerprint density at radius 2 is 1.18 bits per heavy atom. The predicted molar refractivity (Wildman–Crippen MR) is 184 cm³/mol. The SMILES string of the molecule is C1=CC2C3=C(CCc4c3c3ccccc3n4-c3ccccc3)N(c3ccc(-c4ccccc4)cc3)C2C=C1c1ccccc1. The average molecular weight is 565 g/mol. The van der Waals surface area contributed by atoms with E-state index in [2.05, 4.69) is 167 Å². The molecule has 6 aromatic rings. The summed E-state index contributed by atoms with van der Waals surface area (Å²) in [7, 11) is 0. The molecule has 44 heavy (non-hydrogen) atoms. The Labute approximate surface area is 258 Å². The normalized spacial score (nSPS) is 18.6. The van der Waals surface area contributed by atoms with Gasteiger partial charge in [-0.15, -0.1) is 0 Å². The van der Waals surface area contributed by atoms with Gasteiger partial charge in [0.25, 0.3) is 0 Å². The molecule has 0 saturated carbocycles. The molecule has 0 amide bonds. The standard InChI is InChI=1S/C42H32N2/c1-4-12-29(13-5-1)31-20-23-34(24-21-31)44-39-27-26-38-41(35-18-10-11-19-37(35)43(38)33-16-8-3-9-17-33)42(39)36-25-22-32(28-40(36)44)30-14-6-2-7-15-30/h1-25,28,36,40H,26-27H2. The van der Waals surface area contributed by atoms with E-state index < -0.39 is 0 Å². The summed E-state index contributed by atoms with van der Waals surface area (Å²) in [4.78, 5) is 2.65. The lowest BCUT2D eigenvalue weighted by atomic mass is 9.80. The monoisotopic (exact) mass is 564 g/mol. The molecule has 0 bridgehead atoms. The van der Waals surface area contributed by atoms with Crippen molar-refractivity contribution >= 4 is 27.7 Å². The van der Waals surface area contributed by atoms with Crippen LogP contribution in [0.2, 0.25) is 0 Å². The molecule has 2 aliphatic carbocycles. The van der Waals surface area contributed by atoms with Gasteiger partial charge in [0.15, 0.2) is 0 Å². The Bertz CT molecular complexity index is 2100. The molecule has 1 aromatic heterocycles. The number of nitrogens with zero attached hydrogens (tertiary/aromatic N) is 2. The minimum absolute atomic E-state index is 0.215. The quantitative estimate of drug-likeness (QED) is 0.207. The van der Waals surface area contributed by atoms with Crippen molar-refractivity contribution in [2.24, 2.45) is 5.92 Å². The Hall–Kier alpha value is -5.34. The maximum atomic E-state index is 2.65. The molecule has 210 valence electrons. The van der Waals surface area contributed by atoms with Crippen LogP contribution in [0.3, 0.4) is 0 Å². The van der Waals surface area contributed by atoms with Gasteiger partial charge in [0, 0.05) is 39.6 Å². The summed E-state index contributed by atoms with van der Waals surface area (Å²) < 4.78 is 2.51. The molecule has 1 aliphatic heterocycles. The van der Waals surface area contributed by atoms with Crippen LogP contribution in [0, 0.1) is 5.92 Å². The first-order chi connectivity index (χ1) is 21.8. The summed E-state index contributed by atoms with van der Waals surface area (Å²) in [5, 5.41) is 1.35. The Morgan fingerprint density at radius 1 is 0.545 bits per heavy atom. The fourth-order valence-electron chi connectivity index (χ4n) is 7.77. The lowest BCUT2D eigenvalue weighted by Crippen LogP contribution is -2.33. The summed E-state index contributed by atoms with van der Waals surface area (Å²) in [6.45, 7) is 0. The number of aromatic nitrogens is 1. The van der Waals surface area contributed by atoms with Gasteiger partial charge in [0.2, 0.25) is 0 Å². The molecule has 0 N–H and O–H groups in total. The van der Waals surface area contributed by atoms with Gasteiger partial charge in [0.1, 0.15) is 0 Å². The van der Waals surface area contributed by atoms with Crippen LogP contribution in [0.1, 0.15) is 23.2 Å². The van der Waals surface area contributed by atoms with Crippen molar-refractivity contribution in [2.45, 2.75) is 18.9 Å². The van der Waals surface area contributed by atoms with Crippen LogP contribution in [-0.2, 0) is 6.42 Å². The van der Waals surface area contributed by atoms with E-state index in [4.69, 9.17) is 0 Å². The van der Waals surface area contributed by atoms with Gasteiger partial charge in [-0.3, -0.25) is 0 Å². The second kappa shape index (κ2) is 10.1. The van der Waals surface area contributed by atoms with Crippen molar-refractivity contribution < 1.29 is 0 Å². The minimum atomic E-state index is 0.215.